The van der Waals surface area contributed by atoms with Crippen LogP contribution in [0.1, 0.15) is 37.3 Å². The lowest BCUT2D eigenvalue weighted by atomic mass is 9.49. The van der Waals surface area contributed by atoms with Gasteiger partial charge in [0.15, 0.2) is 23.4 Å². The first-order valence-corrected chi connectivity index (χ1v) is 8.93. The lowest BCUT2D eigenvalue weighted by Gasteiger charge is -2.62. The van der Waals surface area contributed by atoms with E-state index in [1.54, 1.807) is 7.11 Å². The van der Waals surface area contributed by atoms with Crippen molar-refractivity contribution in [1.29, 1.82) is 0 Å². The Kier molecular flexibility index (Phi) is 2.78. The molecule has 1 saturated carbocycles. The second-order valence-electron chi connectivity index (χ2n) is 7.59. The van der Waals surface area contributed by atoms with Gasteiger partial charge in [0.25, 0.3) is 0 Å². The molecule has 5 heteroatoms. The van der Waals surface area contributed by atoms with Gasteiger partial charge in [0, 0.05) is 18.0 Å². The van der Waals surface area contributed by atoms with Crippen LogP contribution in [0.4, 0.5) is 0 Å². The molecule has 1 aromatic rings. The number of piperidine rings is 1. The third-order valence-corrected chi connectivity index (χ3v) is 6.98. The highest BCUT2D eigenvalue weighted by Crippen LogP contribution is 2.64. The minimum absolute atomic E-state index is 0.0577. The quantitative estimate of drug-likeness (QED) is 0.890. The first kappa shape index (κ1) is 14.7. The predicted molar refractivity (Wildman–Crippen MR) is 87.6 cm³/mol. The van der Waals surface area contributed by atoms with Crippen LogP contribution < -0.4 is 9.47 Å². The van der Waals surface area contributed by atoms with Gasteiger partial charge in [-0.15, -0.1) is 0 Å². The first-order valence-electron chi connectivity index (χ1n) is 8.93. The number of Topliss-reactive ketones (excluding diaryl/α,β-unsaturated/α-hetero) is 1. The second-order valence-corrected chi connectivity index (χ2v) is 7.59. The molecule has 5 rings (SSSR count). The van der Waals surface area contributed by atoms with Crippen LogP contribution in [0, 0.1) is 0 Å². The second kappa shape index (κ2) is 4.52. The van der Waals surface area contributed by atoms with Crippen molar-refractivity contribution in [2.45, 2.75) is 55.8 Å². The van der Waals surface area contributed by atoms with Gasteiger partial charge in [-0.1, -0.05) is 13.0 Å². The number of methoxy groups -OCH3 is 1. The number of aliphatic hydroxyl groups is 1. The zero-order valence-electron chi connectivity index (χ0n) is 14.2. The SMILES string of the molecule is CCN1CC[C@]23c4c5ccc(OC)c4O[C@H]2C(=O)CC[C@@]3(O)[C@H]1C5. The molecule has 1 N–H and O–H groups in total. The van der Waals surface area contributed by atoms with E-state index >= 15 is 0 Å². The van der Waals surface area contributed by atoms with Gasteiger partial charge in [-0.25, -0.2) is 0 Å². The summed E-state index contributed by atoms with van der Waals surface area (Å²) in [6.45, 7) is 3.96. The van der Waals surface area contributed by atoms with E-state index in [1.165, 1.54) is 5.56 Å². The molecule has 2 bridgehead atoms. The Labute approximate surface area is 141 Å². The van der Waals surface area contributed by atoms with Gasteiger partial charge < -0.3 is 14.6 Å². The summed E-state index contributed by atoms with van der Waals surface area (Å²) >= 11 is 0. The third-order valence-electron chi connectivity index (χ3n) is 6.98. The van der Waals surface area contributed by atoms with E-state index in [0.29, 0.717) is 24.3 Å². The van der Waals surface area contributed by atoms with E-state index < -0.39 is 17.1 Å². The zero-order chi connectivity index (χ0) is 16.7. The molecular formula is C19H23NO4. The third kappa shape index (κ3) is 1.39. The fourth-order valence-electron chi connectivity index (χ4n) is 5.94. The summed E-state index contributed by atoms with van der Waals surface area (Å²) in [5, 5.41) is 11.9. The summed E-state index contributed by atoms with van der Waals surface area (Å²) in [7, 11) is 1.63. The Bertz CT molecular complexity index is 747. The highest BCUT2D eigenvalue weighted by molar-refractivity contribution is 5.90. The molecule has 128 valence electrons. The largest absolute Gasteiger partial charge is 0.493 e. The highest BCUT2D eigenvalue weighted by atomic mass is 16.5. The van der Waals surface area contributed by atoms with Crippen molar-refractivity contribution < 1.29 is 19.4 Å². The number of carbonyl (C=O) groups excluding carboxylic acids is 1. The molecule has 24 heavy (non-hydrogen) atoms. The summed E-state index contributed by atoms with van der Waals surface area (Å²) in [6.07, 6.45) is 1.93. The van der Waals surface area contributed by atoms with Gasteiger partial charge in [-0.2, -0.15) is 0 Å². The van der Waals surface area contributed by atoms with E-state index in [4.69, 9.17) is 9.47 Å². The van der Waals surface area contributed by atoms with Crippen molar-refractivity contribution in [2.24, 2.45) is 0 Å². The van der Waals surface area contributed by atoms with Gasteiger partial charge in [-0.05, 0) is 44.0 Å². The molecule has 0 radical (unpaired) electrons. The van der Waals surface area contributed by atoms with Crippen LogP contribution in [-0.2, 0) is 16.6 Å². The summed E-state index contributed by atoms with van der Waals surface area (Å²) < 4.78 is 11.7. The summed E-state index contributed by atoms with van der Waals surface area (Å²) in [5.41, 5.74) is 0.755. The fourth-order valence-corrected chi connectivity index (χ4v) is 5.94. The maximum absolute atomic E-state index is 12.7. The van der Waals surface area contributed by atoms with Crippen LogP contribution in [0.5, 0.6) is 11.5 Å². The van der Waals surface area contributed by atoms with Gasteiger partial charge in [0.2, 0.25) is 0 Å². The van der Waals surface area contributed by atoms with Crippen molar-refractivity contribution >= 4 is 5.78 Å². The normalized spacial score (nSPS) is 39.4. The lowest BCUT2D eigenvalue weighted by molar-refractivity contribution is -0.187. The summed E-state index contributed by atoms with van der Waals surface area (Å²) in [6, 6.07) is 4.08. The van der Waals surface area contributed by atoms with Crippen LogP contribution in [0.3, 0.4) is 0 Å². The predicted octanol–water partition coefficient (Wildman–Crippen LogP) is 1.44. The first-order chi connectivity index (χ1) is 11.6. The number of likely N-dealkylation sites (tertiary alicyclic amines) is 1. The van der Waals surface area contributed by atoms with Crippen LogP contribution in [0.15, 0.2) is 12.1 Å². The molecule has 5 nitrogen and oxygen atoms in total. The number of rotatable bonds is 2. The number of carbonyl (C=O) groups is 1. The van der Waals surface area contributed by atoms with Crippen LogP contribution in [-0.4, -0.2) is 53.7 Å². The van der Waals surface area contributed by atoms with E-state index in [2.05, 4.69) is 17.9 Å². The Morgan fingerprint density at radius 2 is 2.25 bits per heavy atom. The molecular weight excluding hydrogens is 306 g/mol. The van der Waals surface area contributed by atoms with Crippen molar-refractivity contribution in [1.82, 2.24) is 4.90 Å². The fraction of sp³-hybridized carbons (Fsp3) is 0.632. The Balaban J connectivity index is 1.82. The minimum Gasteiger partial charge on any atom is -0.493 e. The van der Waals surface area contributed by atoms with Crippen molar-refractivity contribution in [3.05, 3.63) is 23.3 Å². The summed E-state index contributed by atoms with van der Waals surface area (Å²) in [4.78, 5) is 15.1. The van der Waals surface area contributed by atoms with Gasteiger partial charge >= 0.3 is 0 Å². The van der Waals surface area contributed by atoms with E-state index in [-0.39, 0.29) is 11.8 Å². The summed E-state index contributed by atoms with van der Waals surface area (Å²) in [5.74, 6) is 1.48. The van der Waals surface area contributed by atoms with E-state index in [9.17, 15) is 9.90 Å². The van der Waals surface area contributed by atoms with Crippen LogP contribution >= 0.6 is 0 Å². The molecule has 1 aromatic carbocycles. The van der Waals surface area contributed by atoms with E-state index in [1.807, 2.05) is 6.07 Å². The number of likely N-dealkylation sites (N-methyl/N-ethyl adjacent to an activating group) is 1. The number of ether oxygens (including phenoxy) is 2. The Morgan fingerprint density at radius 1 is 1.42 bits per heavy atom. The molecule has 2 fully saturated rings. The lowest BCUT2D eigenvalue weighted by Crippen LogP contribution is -2.76. The number of benzene rings is 1. The minimum atomic E-state index is -0.898. The number of hydrogen-bond acceptors (Lipinski definition) is 5. The zero-order valence-corrected chi connectivity index (χ0v) is 14.2. The molecule has 2 heterocycles. The van der Waals surface area contributed by atoms with Crippen molar-refractivity contribution in [3.8, 4) is 11.5 Å². The maximum atomic E-state index is 12.7. The molecule has 2 aliphatic heterocycles. The molecule has 2 aliphatic carbocycles. The van der Waals surface area contributed by atoms with E-state index in [0.717, 1.165) is 31.5 Å². The monoisotopic (exact) mass is 329 g/mol. The Morgan fingerprint density at radius 3 is 3.00 bits per heavy atom. The van der Waals surface area contributed by atoms with Gasteiger partial charge in [0.1, 0.15) is 0 Å². The average Bonchev–Trinajstić information content (AvgIpc) is 2.93. The topological polar surface area (TPSA) is 59.0 Å². The Hall–Kier alpha value is -1.59. The number of nitrogens with zero attached hydrogens (tertiary/aromatic N) is 1. The smallest absolute Gasteiger partial charge is 0.174 e. The average molecular weight is 329 g/mol. The molecule has 0 aromatic heterocycles. The molecule has 4 aliphatic rings. The van der Waals surface area contributed by atoms with Gasteiger partial charge in [-0.3, -0.25) is 9.69 Å². The molecule has 4 atom stereocenters. The van der Waals surface area contributed by atoms with Gasteiger partial charge in [0.05, 0.1) is 18.1 Å². The molecule has 0 amide bonds. The molecule has 1 saturated heterocycles. The number of ketones is 1. The molecule has 1 spiro atoms. The maximum Gasteiger partial charge on any atom is 0.174 e. The van der Waals surface area contributed by atoms with Crippen molar-refractivity contribution in [2.75, 3.05) is 20.2 Å². The van der Waals surface area contributed by atoms with Crippen LogP contribution in [0.2, 0.25) is 0 Å². The van der Waals surface area contributed by atoms with Crippen LogP contribution in [0.25, 0.3) is 0 Å². The standard InChI is InChI=1S/C19H23NO4/c1-3-20-9-8-18-15-11-4-5-13(23-2)16(15)24-17(18)12(21)6-7-19(18,22)14(20)10-11/h4-5,14,17,22H,3,6-10H2,1-2H3/t14-,17+,18+,19-/m1/s1. The molecule has 0 unspecified atom stereocenters. The van der Waals surface area contributed by atoms with Crippen molar-refractivity contribution in [3.63, 3.8) is 0 Å². The number of hydrogen-bond donors (Lipinski definition) is 1. The highest BCUT2D eigenvalue weighted by Gasteiger charge is 2.72.